The quantitative estimate of drug-likeness (QED) is 0.656. The summed E-state index contributed by atoms with van der Waals surface area (Å²) in [5, 5.41) is 2.51. The second-order valence-electron chi connectivity index (χ2n) is 4.41. The average molecular weight is 221 g/mol. The Balaban J connectivity index is 2.43. The molecule has 1 unspecified atom stereocenters. The molecule has 2 aromatic carbocycles. The molecule has 2 rings (SSSR count). The average Bonchev–Trinajstić information content (AvgIpc) is 2.40. The molecule has 0 aliphatic carbocycles. The molecule has 0 aromatic heterocycles. The van der Waals surface area contributed by atoms with Gasteiger partial charge < -0.3 is 0 Å². The highest BCUT2D eigenvalue weighted by Gasteiger charge is 2.10. The maximum atomic E-state index is 7.50. The van der Waals surface area contributed by atoms with E-state index in [1.165, 1.54) is 22.8 Å². The Bertz CT molecular complexity index is 526. The van der Waals surface area contributed by atoms with Crippen LogP contribution in [-0.2, 0) is 0 Å². The first-order valence-corrected chi connectivity index (χ1v) is 6.26. The van der Waals surface area contributed by atoms with Gasteiger partial charge in [0, 0.05) is 5.92 Å². The molecule has 2 aromatic rings. The van der Waals surface area contributed by atoms with Crippen molar-refractivity contribution in [3.05, 3.63) is 54.5 Å². The first-order valence-electron chi connectivity index (χ1n) is 6.26. The second kappa shape index (κ2) is 5.55. The van der Waals surface area contributed by atoms with Crippen LogP contribution >= 0.6 is 0 Å². The molecule has 0 heterocycles. The van der Waals surface area contributed by atoms with Crippen LogP contribution in [0.1, 0.15) is 37.7 Å². The summed E-state index contributed by atoms with van der Waals surface area (Å²) < 4.78 is 0. The molecule has 0 fully saturated rings. The van der Waals surface area contributed by atoms with Crippen LogP contribution in [0.4, 0.5) is 0 Å². The van der Waals surface area contributed by atoms with E-state index in [0.717, 1.165) is 12.8 Å². The summed E-state index contributed by atoms with van der Waals surface area (Å²) in [7, 11) is 0. The maximum absolute atomic E-state index is 7.50. The van der Waals surface area contributed by atoms with E-state index in [4.69, 9.17) is 6.42 Å². The van der Waals surface area contributed by atoms with Gasteiger partial charge in [0.2, 0.25) is 0 Å². The zero-order valence-electron chi connectivity index (χ0n) is 10.2. The summed E-state index contributed by atoms with van der Waals surface area (Å²) in [6.45, 7) is 2.18. The molecule has 1 radical (unpaired) electrons. The lowest BCUT2D eigenvalue weighted by molar-refractivity contribution is 0.678. The van der Waals surface area contributed by atoms with Crippen LogP contribution in [-0.4, -0.2) is 0 Å². The fourth-order valence-corrected chi connectivity index (χ4v) is 2.27. The lowest BCUT2D eigenvalue weighted by atomic mass is 9.90. The minimum Gasteiger partial charge on any atom is -0.0809 e. The van der Waals surface area contributed by atoms with E-state index >= 15 is 0 Å². The Hall–Kier alpha value is -1.74. The van der Waals surface area contributed by atoms with Crippen molar-refractivity contribution in [3.63, 3.8) is 0 Å². The van der Waals surface area contributed by atoms with Gasteiger partial charge in [-0.3, -0.25) is 0 Å². The molecule has 0 amide bonds. The zero-order chi connectivity index (χ0) is 12.1. The first-order chi connectivity index (χ1) is 8.36. The number of hydrogen-bond donors (Lipinski definition) is 0. The molecule has 17 heavy (non-hydrogen) atoms. The molecule has 0 heteroatoms. The molecule has 0 nitrogen and oxygen atoms in total. The highest BCUT2D eigenvalue weighted by molar-refractivity contribution is 5.86. The van der Waals surface area contributed by atoms with Crippen molar-refractivity contribution in [2.45, 2.75) is 32.1 Å². The van der Waals surface area contributed by atoms with Crippen LogP contribution in [0.5, 0.6) is 0 Å². The van der Waals surface area contributed by atoms with Crippen molar-refractivity contribution < 1.29 is 0 Å². The van der Waals surface area contributed by atoms with E-state index in [2.05, 4.69) is 55.3 Å². The second-order valence-corrected chi connectivity index (χ2v) is 4.41. The maximum Gasteiger partial charge on any atom is 0.0468 e. The predicted molar refractivity (Wildman–Crippen MR) is 73.3 cm³/mol. The van der Waals surface area contributed by atoms with Gasteiger partial charge in [-0.05, 0) is 29.2 Å². The van der Waals surface area contributed by atoms with Crippen LogP contribution in [0, 0.1) is 12.3 Å². The van der Waals surface area contributed by atoms with Crippen molar-refractivity contribution in [1.29, 1.82) is 0 Å². The number of rotatable bonds is 4. The van der Waals surface area contributed by atoms with Crippen LogP contribution in [0.2, 0.25) is 0 Å². The Morgan fingerprint density at radius 2 is 1.88 bits per heavy atom. The zero-order valence-corrected chi connectivity index (χ0v) is 10.2. The van der Waals surface area contributed by atoms with Crippen LogP contribution in [0.25, 0.3) is 10.8 Å². The summed E-state index contributed by atoms with van der Waals surface area (Å²) in [5.74, 6) is 2.84. The topological polar surface area (TPSA) is 0 Å². The Morgan fingerprint density at radius 3 is 2.65 bits per heavy atom. The van der Waals surface area contributed by atoms with Gasteiger partial charge in [-0.15, -0.1) is 0 Å². The van der Waals surface area contributed by atoms with Crippen LogP contribution < -0.4 is 0 Å². The van der Waals surface area contributed by atoms with Crippen molar-refractivity contribution in [1.82, 2.24) is 0 Å². The number of fused-ring (bicyclic) bond motifs is 1. The molecular weight excluding hydrogens is 204 g/mol. The lowest BCUT2D eigenvalue weighted by Crippen LogP contribution is -1.96. The molecule has 0 aliphatic rings. The normalized spacial score (nSPS) is 12.2. The Morgan fingerprint density at radius 1 is 1.12 bits per heavy atom. The molecule has 0 aliphatic heterocycles. The third-order valence-electron chi connectivity index (χ3n) is 3.22. The smallest absolute Gasteiger partial charge is 0.0468 e. The van der Waals surface area contributed by atoms with Crippen molar-refractivity contribution in [2.75, 3.05) is 0 Å². The van der Waals surface area contributed by atoms with Crippen LogP contribution in [0.15, 0.2) is 42.5 Å². The first kappa shape index (κ1) is 11.7. The SMILES string of the molecule is [C]#CC(CCCC)c1cccc2ccccc12. The summed E-state index contributed by atoms with van der Waals surface area (Å²) in [6.07, 6.45) is 10.8. The van der Waals surface area contributed by atoms with Crippen LogP contribution in [0.3, 0.4) is 0 Å². The molecular formula is C17H17. The van der Waals surface area contributed by atoms with Gasteiger partial charge >= 0.3 is 0 Å². The van der Waals surface area contributed by atoms with E-state index in [1.54, 1.807) is 0 Å². The molecule has 0 saturated carbocycles. The van der Waals surface area contributed by atoms with Gasteiger partial charge in [-0.25, -0.2) is 0 Å². The van der Waals surface area contributed by atoms with E-state index in [-0.39, 0.29) is 5.92 Å². The largest absolute Gasteiger partial charge is 0.0809 e. The van der Waals surface area contributed by atoms with Gasteiger partial charge in [-0.1, -0.05) is 68.2 Å². The summed E-state index contributed by atoms with van der Waals surface area (Å²) in [6, 6.07) is 14.7. The van der Waals surface area contributed by atoms with E-state index in [1.807, 2.05) is 0 Å². The Kier molecular flexibility index (Phi) is 3.83. The van der Waals surface area contributed by atoms with Crippen molar-refractivity contribution in [2.24, 2.45) is 0 Å². The van der Waals surface area contributed by atoms with Gasteiger partial charge in [0.15, 0.2) is 0 Å². The minimum atomic E-state index is 0.140. The minimum absolute atomic E-state index is 0.140. The highest BCUT2D eigenvalue weighted by atomic mass is 14.1. The number of benzene rings is 2. The van der Waals surface area contributed by atoms with Gasteiger partial charge in [0.1, 0.15) is 0 Å². The van der Waals surface area contributed by atoms with E-state index in [0.29, 0.717) is 0 Å². The monoisotopic (exact) mass is 221 g/mol. The van der Waals surface area contributed by atoms with Crippen molar-refractivity contribution >= 4 is 10.8 Å². The summed E-state index contributed by atoms with van der Waals surface area (Å²) in [4.78, 5) is 0. The number of hydrogen-bond acceptors (Lipinski definition) is 0. The molecule has 0 N–H and O–H groups in total. The molecule has 0 saturated heterocycles. The lowest BCUT2D eigenvalue weighted by Gasteiger charge is -2.13. The molecule has 0 spiro atoms. The third kappa shape index (κ3) is 2.50. The standard InChI is InChI=1S/C17H17/c1-3-5-9-14(4-2)16-13-8-11-15-10-6-7-12-17(15)16/h6-8,10-14H,3,5,9H2,1H3. The molecule has 0 bridgehead atoms. The van der Waals surface area contributed by atoms with Gasteiger partial charge in [-0.2, -0.15) is 0 Å². The predicted octanol–water partition coefficient (Wildman–Crippen LogP) is 4.70. The molecule has 85 valence electrons. The van der Waals surface area contributed by atoms with Gasteiger partial charge in [0.25, 0.3) is 0 Å². The fourth-order valence-electron chi connectivity index (χ4n) is 2.27. The highest BCUT2D eigenvalue weighted by Crippen LogP contribution is 2.28. The van der Waals surface area contributed by atoms with E-state index < -0.39 is 0 Å². The number of unbranched alkanes of at least 4 members (excludes halogenated alkanes) is 1. The fraction of sp³-hybridized carbons (Fsp3) is 0.294. The van der Waals surface area contributed by atoms with Crippen molar-refractivity contribution in [3.8, 4) is 5.92 Å². The Labute approximate surface area is 104 Å². The summed E-state index contributed by atoms with van der Waals surface area (Å²) in [5.41, 5.74) is 1.24. The molecule has 1 atom stereocenters. The van der Waals surface area contributed by atoms with E-state index in [9.17, 15) is 0 Å². The third-order valence-corrected chi connectivity index (χ3v) is 3.22. The summed E-state index contributed by atoms with van der Waals surface area (Å²) >= 11 is 0. The van der Waals surface area contributed by atoms with Gasteiger partial charge in [0.05, 0.1) is 0 Å².